The van der Waals surface area contributed by atoms with E-state index in [2.05, 4.69) is 25.9 Å². The van der Waals surface area contributed by atoms with Gasteiger partial charge in [-0.15, -0.1) is 0 Å². The summed E-state index contributed by atoms with van der Waals surface area (Å²) in [5, 5.41) is 22.1. The molecule has 3 atom stereocenters. The highest BCUT2D eigenvalue weighted by Gasteiger charge is 2.42. The van der Waals surface area contributed by atoms with Gasteiger partial charge >= 0.3 is 0 Å². The van der Waals surface area contributed by atoms with Crippen LogP contribution in [0.5, 0.6) is 0 Å². The number of rotatable bonds is 2. The van der Waals surface area contributed by atoms with Crippen molar-refractivity contribution in [1.82, 2.24) is 20.2 Å². The van der Waals surface area contributed by atoms with Gasteiger partial charge in [0.05, 0.1) is 17.7 Å². The molecule has 0 saturated heterocycles. The highest BCUT2D eigenvalue weighted by molar-refractivity contribution is 6.12. The monoisotopic (exact) mass is 382 g/mol. The summed E-state index contributed by atoms with van der Waals surface area (Å²) in [5.74, 6) is -0.573. The second-order valence-electron chi connectivity index (χ2n) is 6.84. The first kappa shape index (κ1) is 16.8. The van der Waals surface area contributed by atoms with Crippen molar-refractivity contribution in [2.24, 2.45) is 12.1 Å². The second-order valence-corrected chi connectivity index (χ2v) is 6.84. The Hall–Kier alpha value is -3.33. The maximum atomic E-state index is 14.2. The average molecular weight is 382 g/mol. The second kappa shape index (κ2) is 6.10. The van der Waals surface area contributed by atoms with Gasteiger partial charge in [-0.1, -0.05) is 12.1 Å². The predicted octanol–water partition coefficient (Wildman–Crippen LogP) is 2.34. The number of aliphatic hydroxyl groups excluding tert-OH is 1. The van der Waals surface area contributed by atoms with Gasteiger partial charge in [0, 0.05) is 23.9 Å². The van der Waals surface area contributed by atoms with E-state index in [-0.39, 0.29) is 11.9 Å². The molecule has 142 valence electrons. The number of hydrogen-bond donors (Lipinski definition) is 3. The van der Waals surface area contributed by atoms with E-state index in [4.69, 9.17) is 0 Å². The Morgan fingerprint density at radius 2 is 1.89 bits per heavy atom. The van der Waals surface area contributed by atoms with Crippen LogP contribution in [0.25, 0.3) is 0 Å². The summed E-state index contributed by atoms with van der Waals surface area (Å²) in [4.78, 5) is 4.39. The summed E-state index contributed by atoms with van der Waals surface area (Å²) in [7, 11) is 1.77. The van der Waals surface area contributed by atoms with Crippen molar-refractivity contribution in [2.45, 2.75) is 18.2 Å². The van der Waals surface area contributed by atoms with E-state index in [1.807, 2.05) is 0 Å². The van der Waals surface area contributed by atoms with Crippen LogP contribution in [-0.2, 0) is 7.05 Å². The number of nitrogens with zero attached hydrogens (tertiary/aromatic N) is 4. The molecule has 2 aliphatic rings. The van der Waals surface area contributed by atoms with Crippen molar-refractivity contribution in [3.05, 3.63) is 76.9 Å². The normalized spacial score (nSPS) is 22.7. The molecule has 3 N–H and O–H groups in total. The van der Waals surface area contributed by atoms with Crippen LogP contribution < -0.4 is 10.7 Å². The van der Waals surface area contributed by atoms with Gasteiger partial charge in [0.25, 0.3) is 0 Å². The molecule has 28 heavy (non-hydrogen) atoms. The van der Waals surface area contributed by atoms with Gasteiger partial charge < -0.3 is 10.4 Å². The van der Waals surface area contributed by atoms with Gasteiger partial charge in [0.15, 0.2) is 6.23 Å². The van der Waals surface area contributed by atoms with Crippen molar-refractivity contribution < 1.29 is 13.9 Å². The SMILES string of the molecule is Cn1ncnc1[C@H]1C2=NNC(O)c3cc(F)cc(c32)N[C@@H]1c1ccc(F)cc1. The van der Waals surface area contributed by atoms with Gasteiger partial charge in [0.1, 0.15) is 23.8 Å². The zero-order valence-electron chi connectivity index (χ0n) is 14.8. The summed E-state index contributed by atoms with van der Waals surface area (Å²) in [5.41, 5.74) is 5.61. The third kappa shape index (κ3) is 2.47. The molecule has 3 heterocycles. The maximum Gasteiger partial charge on any atom is 0.166 e. The van der Waals surface area contributed by atoms with Gasteiger partial charge in [0.2, 0.25) is 0 Å². The number of halogens is 2. The van der Waals surface area contributed by atoms with Crippen LogP contribution >= 0.6 is 0 Å². The van der Waals surface area contributed by atoms with Crippen molar-refractivity contribution in [2.75, 3.05) is 5.32 Å². The van der Waals surface area contributed by atoms with Crippen LogP contribution in [0.3, 0.4) is 0 Å². The van der Waals surface area contributed by atoms with Crippen molar-refractivity contribution in [1.29, 1.82) is 0 Å². The molecule has 2 aromatic carbocycles. The molecular formula is C19H16F2N6O. The Morgan fingerprint density at radius 3 is 2.61 bits per heavy atom. The van der Waals surface area contributed by atoms with E-state index in [0.29, 0.717) is 28.4 Å². The number of benzene rings is 2. The molecule has 0 spiro atoms. The number of aryl methyl sites for hydroxylation is 1. The van der Waals surface area contributed by atoms with Gasteiger partial charge in [-0.05, 0) is 29.8 Å². The summed E-state index contributed by atoms with van der Waals surface area (Å²) in [6.45, 7) is 0. The first-order chi connectivity index (χ1) is 13.5. The molecule has 7 nitrogen and oxygen atoms in total. The predicted molar refractivity (Wildman–Crippen MR) is 97.5 cm³/mol. The van der Waals surface area contributed by atoms with Crippen LogP contribution in [0.2, 0.25) is 0 Å². The zero-order valence-corrected chi connectivity index (χ0v) is 14.8. The first-order valence-electron chi connectivity index (χ1n) is 8.74. The van der Waals surface area contributed by atoms with E-state index >= 15 is 0 Å². The van der Waals surface area contributed by atoms with Crippen LogP contribution in [0.4, 0.5) is 14.5 Å². The maximum absolute atomic E-state index is 14.2. The van der Waals surface area contributed by atoms with Crippen molar-refractivity contribution in [3.63, 3.8) is 0 Å². The standard InChI is InChI=1S/C19H16F2N6O/c1-27-18(22-8-23-27)15-16(9-2-4-10(20)5-3-9)24-13-7-11(21)6-12-14(13)17(15)25-26-19(12)28/h2-8,15-16,19,24,26,28H,1H3/t15-,16-,19?/m1/s1. The fourth-order valence-corrected chi connectivity index (χ4v) is 3.94. The van der Waals surface area contributed by atoms with Crippen LogP contribution in [0, 0.1) is 11.6 Å². The van der Waals surface area contributed by atoms with Crippen LogP contribution in [-0.4, -0.2) is 25.6 Å². The lowest BCUT2D eigenvalue weighted by molar-refractivity contribution is 0.137. The quantitative estimate of drug-likeness (QED) is 0.633. The molecule has 9 heteroatoms. The van der Waals surface area contributed by atoms with Crippen molar-refractivity contribution >= 4 is 11.4 Å². The molecular weight excluding hydrogens is 366 g/mol. The van der Waals surface area contributed by atoms with Crippen LogP contribution in [0.15, 0.2) is 47.8 Å². The number of aliphatic hydroxyl groups is 1. The average Bonchev–Trinajstić information content (AvgIpc) is 3.10. The lowest BCUT2D eigenvalue weighted by Gasteiger charge is -2.38. The number of nitrogens with one attached hydrogen (secondary N) is 2. The molecule has 0 amide bonds. The Labute approximate surface area is 158 Å². The molecule has 0 aliphatic carbocycles. The number of anilines is 1. The molecule has 5 rings (SSSR count). The largest absolute Gasteiger partial charge is 0.376 e. The lowest BCUT2D eigenvalue weighted by Crippen LogP contribution is -2.39. The minimum absolute atomic E-state index is 0.344. The van der Waals surface area contributed by atoms with E-state index in [1.165, 1.54) is 30.6 Å². The third-order valence-corrected chi connectivity index (χ3v) is 5.18. The molecule has 1 unspecified atom stereocenters. The lowest BCUT2D eigenvalue weighted by atomic mass is 9.79. The molecule has 0 saturated carbocycles. The Balaban J connectivity index is 1.75. The summed E-state index contributed by atoms with van der Waals surface area (Å²) in [6.07, 6.45) is 0.335. The minimum atomic E-state index is -1.11. The molecule has 3 aromatic rings. The minimum Gasteiger partial charge on any atom is -0.376 e. The Morgan fingerprint density at radius 1 is 1.11 bits per heavy atom. The Bertz CT molecular complexity index is 1090. The van der Waals surface area contributed by atoms with Crippen molar-refractivity contribution in [3.8, 4) is 0 Å². The molecule has 0 bridgehead atoms. The third-order valence-electron chi connectivity index (χ3n) is 5.18. The highest BCUT2D eigenvalue weighted by atomic mass is 19.1. The van der Waals surface area contributed by atoms with Gasteiger partial charge in [-0.3, -0.25) is 10.1 Å². The van der Waals surface area contributed by atoms with Gasteiger partial charge in [-0.2, -0.15) is 10.2 Å². The Kier molecular flexibility index (Phi) is 3.66. The van der Waals surface area contributed by atoms with E-state index in [9.17, 15) is 13.9 Å². The first-order valence-corrected chi connectivity index (χ1v) is 8.74. The zero-order chi connectivity index (χ0) is 19.4. The fourth-order valence-electron chi connectivity index (χ4n) is 3.94. The van der Waals surface area contributed by atoms with E-state index in [0.717, 1.165) is 5.56 Å². The summed E-state index contributed by atoms with van der Waals surface area (Å²) in [6, 6.07) is 8.38. The number of hydrogen-bond acceptors (Lipinski definition) is 6. The van der Waals surface area contributed by atoms with Crippen LogP contribution in [0.1, 0.15) is 40.7 Å². The topological polar surface area (TPSA) is 87.4 Å². The highest BCUT2D eigenvalue weighted by Crippen LogP contribution is 2.45. The molecule has 1 aromatic heterocycles. The van der Waals surface area contributed by atoms with Gasteiger partial charge in [-0.25, -0.2) is 13.8 Å². The molecule has 0 fully saturated rings. The fraction of sp³-hybridized carbons (Fsp3) is 0.211. The van der Waals surface area contributed by atoms with E-state index < -0.39 is 18.0 Å². The smallest absolute Gasteiger partial charge is 0.166 e. The summed E-state index contributed by atoms with van der Waals surface area (Å²) < 4.78 is 29.3. The summed E-state index contributed by atoms with van der Waals surface area (Å²) >= 11 is 0. The molecule has 0 radical (unpaired) electrons. The number of hydrazone groups is 1. The molecule has 2 aliphatic heterocycles. The van der Waals surface area contributed by atoms with E-state index in [1.54, 1.807) is 23.9 Å². The number of aromatic nitrogens is 3.